The van der Waals surface area contributed by atoms with Crippen molar-refractivity contribution in [1.82, 2.24) is 4.98 Å². The Morgan fingerprint density at radius 3 is 2.70 bits per heavy atom. The number of hydrogen-bond donors (Lipinski definition) is 2. The lowest BCUT2D eigenvalue weighted by atomic mass is 10.2. The lowest BCUT2D eigenvalue weighted by molar-refractivity contribution is 0.263. The first-order valence-electron chi connectivity index (χ1n) is 6.47. The zero-order valence-electron chi connectivity index (χ0n) is 11.6. The number of halogens is 1. The summed E-state index contributed by atoms with van der Waals surface area (Å²) in [5, 5.41) is 2.91. The van der Waals surface area contributed by atoms with Gasteiger partial charge in [0, 0.05) is 0 Å². The van der Waals surface area contributed by atoms with Gasteiger partial charge in [-0.3, -0.25) is 0 Å². The first-order chi connectivity index (χ1) is 9.56. The Hall–Kier alpha value is -2.30. The highest BCUT2D eigenvalue weighted by Crippen LogP contribution is 2.24. The topological polar surface area (TPSA) is 60.2 Å². The van der Waals surface area contributed by atoms with Crippen LogP contribution in [0.3, 0.4) is 0 Å². The molecule has 106 valence electrons. The Bertz CT molecular complexity index is 587. The van der Waals surface area contributed by atoms with Gasteiger partial charge < -0.3 is 15.8 Å². The number of rotatable bonds is 5. The number of nitrogens with zero attached hydrogens (tertiary/aromatic N) is 1. The Morgan fingerprint density at radius 2 is 2.00 bits per heavy atom. The molecule has 2 rings (SSSR count). The number of anilines is 3. The van der Waals surface area contributed by atoms with Gasteiger partial charge >= 0.3 is 0 Å². The average Bonchev–Trinajstić information content (AvgIpc) is 2.42. The van der Waals surface area contributed by atoms with Crippen molar-refractivity contribution in [3.05, 3.63) is 42.2 Å². The van der Waals surface area contributed by atoms with Crippen LogP contribution in [0.25, 0.3) is 0 Å². The molecular weight excluding hydrogens is 257 g/mol. The normalized spacial score (nSPS) is 10.6. The van der Waals surface area contributed by atoms with Crippen molar-refractivity contribution in [2.75, 3.05) is 17.7 Å². The third-order valence-corrected chi connectivity index (χ3v) is 2.58. The average molecular weight is 275 g/mol. The number of nitrogen functional groups attached to an aromatic ring is 1. The van der Waals surface area contributed by atoms with E-state index in [0.29, 0.717) is 35.6 Å². The highest BCUT2D eigenvalue weighted by molar-refractivity contribution is 5.61. The van der Waals surface area contributed by atoms with E-state index >= 15 is 0 Å². The van der Waals surface area contributed by atoms with Gasteiger partial charge in [0.25, 0.3) is 0 Å². The number of para-hydroxylation sites is 1. The zero-order chi connectivity index (χ0) is 14.5. The van der Waals surface area contributed by atoms with Crippen LogP contribution in [0.1, 0.15) is 13.8 Å². The van der Waals surface area contributed by atoms with Crippen LogP contribution in [0.2, 0.25) is 0 Å². The molecule has 20 heavy (non-hydrogen) atoms. The summed E-state index contributed by atoms with van der Waals surface area (Å²) in [7, 11) is 0. The molecule has 0 aliphatic carbocycles. The summed E-state index contributed by atoms with van der Waals surface area (Å²) in [5.41, 5.74) is 6.63. The maximum Gasteiger partial charge on any atom is 0.239 e. The fourth-order valence-electron chi connectivity index (χ4n) is 1.58. The molecule has 0 saturated carbocycles. The van der Waals surface area contributed by atoms with Gasteiger partial charge in [0.2, 0.25) is 5.88 Å². The van der Waals surface area contributed by atoms with Crippen LogP contribution in [0.5, 0.6) is 5.88 Å². The number of nitrogens with one attached hydrogen (secondary N) is 1. The minimum atomic E-state index is -0.337. The van der Waals surface area contributed by atoms with Crippen molar-refractivity contribution in [3.8, 4) is 5.88 Å². The molecule has 3 N–H and O–H groups in total. The number of nitrogens with two attached hydrogens (primary N) is 1. The highest BCUT2D eigenvalue weighted by atomic mass is 19.1. The van der Waals surface area contributed by atoms with Gasteiger partial charge in [0.05, 0.1) is 18.0 Å². The smallest absolute Gasteiger partial charge is 0.239 e. The first-order valence-corrected chi connectivity index (χ1v) is 6.47. The van der Waals surface area contributed by atoms with Gasteiger partial charge in [0.15, 0.2) is 0 Å². The van der Waals surface area contributed by atoms with Crippen molar-refractivity contribution in [2.24, 2.45) is 5.92 Å². The van der Waals surface area contributed by atoms with Gasteiger partial charge in [-0.1, -0.05) is 26.0 Å². The molecule has 0 spiro atoms. The number of aromatic nitrogens is 1. The lowest BCUT2D eigenvalue weighted by Crippen LogP contribution is -2.08. The fraction of sp³-hybridized carbons (Fsp3) is 0.267. The van der Waals surface area contributed by atoms with Gasteiger partial charge in [-0.05, 0) is 30.2 Å². The number of benzene rings is 1. The second-order valence-corrected chi connectivity index (χ2v) is 4.90. The SMILES string of the molecule is CC(C)COc1nc(Nc2ccccc2F)ccc1N. The molecule has 4 nitrogen and oxygen atoms in total. The van der Waals surface area contributed by atoms with Crippen molar-refractivity contribution in [3.63, 3.8) is 0 Å². The van der Waals surface area contributed by atoms with E-state index in [9.17, 15) is 4.39 Å². The number of pyridine rings is 1. The molecule has 0 saturated heterocycles. The molecule has 2 aromatic rings. The van der Waals surface area contributed by atoms with Crippen molar-refractivity contribution in [1.29, 1.82) is 0 Å². The maximum absolute atomic E-state index is 13.6. The summed E-state index contributed by atoms with van der Waals surface area (Å²) < 4.78 is 19.1. The minimum Gasteiger partial charge on any atom is -0.476 e. The maximum atomic E-state index is 13.6. The molecule has 0 radical (unpaired) electrons. The molecule has 1 aromatic carbocycles. The molecule has 1 aromatic heterocycles. The predicted octanol–water partition coefficient (Wildman–Crippen LogP) is 3.58. The molecule has 1 heterocycles. The largest absolute Gasteiger partial charge is 0.476 e. The lowest BCUT2D eigenvalue weighted by Gasteiger charge is -2.12. The van der Waals surface area contributed by atoms with E-state index in [4.69, 9.17) is 10.5 Å². The molecule has 0 amide bonds. The Kier molecular flexibility index (Phi) is 4.40. The van der Waals surface area contributed by atoms with E-state index in [2.05, 4.69) is 10.3 Å². The summed E-state index contributed by atoms with van der Waals surface area (Å²) in [6, 6.07) is 9.78. The van der Waals surface area contributed by atoms with Gasteiger partial charge in [-0.2, -0.15) is 4.98 Å². The van der Waals surface area contributed by atoms with Crippen LogP contribution in [0, 0.1) is 11.7 Å². The van der Waals surface area contributed by atoms with E-state index in [-0.39, 0.29) is 5.82 Å². The number of ether oxygens (including phenoxy) is 1. The third-order valence-electron chi connectivity index (χ3n) is 2.58. The summed E-state index contributed by atoms with van der Waals surface area (Å²) in [4.78, 5) is 4.26. The van der Waals surface area contributed by atoms with Crippen molar-refractivity contribution < 1.29 is 9.13 Å². The van der Waals surface area contributed by atoms with Gasteiger partial charge in [0.1, 0.15) is 11.6 Å². The van der Waals surface area contributed by atoms with Crippen LogP contribution in [-0.2, 0) is 0 Å². The molecule has 0 bridgehead atoms. The standard InChI is InChI=1S/C15H18FN3O/c1-10(2)9-20-15-12(17)7-8-14(19-15)18-13-6-4-3-5-11(13)16/h3-8,10H,9,17H2,1-2H3,(H,18,19). The molecule has 0 fully saturated rings. The minimum absolute atomic E-state index is 0.337. The second-order valence-electron chi connectivity index (χ2n) is 4.90. The fourth-order valence-corrected chi connectivity index (χ4v) is 1.58. The van der Waals surface area contributed by atoms with Crippen LogP contribution < -0.4 is 15.8 Å². The summed E-state index contributed by atoms with van der Waals surface area (Å²) >= 11 is 0. The molecule has 0 atom stereocenters. The summed E-state index contributed by atoms with van der Waals surface area (Å²) in [5.74, 6) is 0.887. The molecule has 5 heteroatoms. The van der Waals surface area contributed by atoms with Crippen LogP contribution in [0.15, 0.2) is 36.4 Å². The summed E-state index contributed by atoms with van der Waals surface area (Å²) in [6.45, 7) is 4.61. The van der Waals surface area contributed by atoms with E-state index < -0.39 is 0 Å². The van der Waals surface area contributed by atoms with Gasteiger partial charge in [-0.15, -0.1) is 0 Å². The summed E-state index contributed by atoms with van der Waals surface area (Å²) in [6.07, 6.45) is 0. The molecule has 0 aliphatic heterocycles. The molecule has 0 unspecified atom stereocenters. The van der Waals surface area contributed by atoms with Gasteiger partial charge in [-0.25, -0.2) is 4.39 Å². The van der Waals surface area contributed by atoms with Crippen molar-refractivity contribution >= 4 is 17.2 Å². The highest BCUT2D eigenvalue weighted by Gasteiger charge is 2.07. The predicted molar refractivity (Wildman–Crippen MR) is 78.7 cm³/mol. The molecule has 0 aliphatic rings. The van der Waals surface area contributed by atoms with E-state index in [1.807, 2.05) is 13.8 Å². The molecular formula is C15H18FN3O. The Balaban J connectivity index is 2.17. The number of hydrogen-bond acceptors (Lipinski definition) is 4. The Morgan fingerprint density at radius 1 is 1.25 bits per heavy atom. The third kappa shape index (κ3) is 3.60. The van der Waals surface area contributed by atoms with E-state index in [0.717, 1.165) is 0 Å². The zero-order valence-corrected chi connectivity index (χ0v) is 11.6. The second kappa shape index (κ2) is 6.23. The van der Waals surface area contributed by atoms with Crippen LogP contribution in [-0.4, -0.2) is 11.6 Å². The van der Waals surface area contributed by atoms with Crippen molar-refractivity contribution in [2.45, 2.75) is 13.8 Å². The quantitative estimate of drug-likeness (QED) is 0.875. The monoisotopic (exact) mass is 275 g/mol. The first kappa shape index (κ1) is 14.1. The van der Waals surface area contributed by atoms with E-state index in [1.54, 1.807) is 30.3 Å². The Labute approximate surface area is 117 Å². The van der Waals surface area contributed by atoms with E-state index in [1.165, 1.54) is 6.07 Å². The van der Waals surface area contributed by atoms with Crippen LogP contribution in [0.4, 0.5) is 21.6 Å². The van der Waals surface area contributed by atoms with Crippen LogP contribution >= 0.6 is 0 Å².